The molecule has 0 fully saturated rings. The number of rotatable bonds is 7. The lowest BCUT2D eigenvalue weighted by Crippen LogP contribution is -2.34. The molecule has 1 N–H and O–H groups in total. The Morgan fingerprint density at radius 3 is 2.69 bits per heavy atom. The van der Waals surface area contributed by atoms with Crippen molar-refractivity contribution in [3.63, 3.8) is 0 Å². The van der Waals surface area contributed by atoms with Crippen molar-refractivity contribution in [3.8, 4) is 22.8 Å². The van der Waals surface area contributed by atoms with Gasteiger partial charge in [0.2, 0.25) is 11.2 Å². The van der Waals surface area contributed by atoms with E-state index in [-0.39, 0.29) is 16.9 Å². The Labute approximate surface area is 215 Å². The van der Waals surface area contributed by atoms with Crippen LogP contribution < -0.4 is 20.2 Å². The number of aromatic nitrogens is 1. The molecular formula is C27H21ClN2O5S. The van der Waals surface area contributed by atoms with Crippen LogP contribution in [-0.4, -0.2) is 24.1 Å². The fourth-order valence-electron chi connectivity index (χ4n) is 3.79. The Balaban J connectivity index is 1.51. The van der Waals surface area contributed by atoms with Crippen molar-refractivity contribution in [3.05, 3.63) is 82.0 Å². The van der Waals surface area contributed by atoms with Crippen LogP contribution in [0.5, 0.6) is 11.5 Å². The van der Waals surface area contributed by atoms with E-state index in [1.165, 1.54) is 11.3 Å². The number of carbonyl (C=O) groups excluding carboxylic acids is 1. The monoisotopic (exact) mass is 520 g/mol. The number of nitrogens with zero attached hydrogens (tertiary/aromatic N) is 1. The van der Waals surface area contributed by atoms with Gasteiger partial charge in [-0.3, -0.25) is 14.9 Å². The van der Waals surface area contributed by atoms with Crippen molar-refractivity contribution < 1.29 is 18.7 Å². The van der Waals surface area contributed by atoms with Gasteiger partial charge in [-0.2, -0.15) is 0 Å². The quantitative estimate of drug-likeness (QED) is 0.262. The number of carbonyl (C=O) groups is 1. The number of para-hydroxylation sites is 1. The first-order chi connectivity index (χ1) is 17.5. The molecule has 0 aliphatic heterocycles. The molecule has 5 aromatic rings. The highest BCUT2D eigenvalue weighted by atomic mass is 35.5. The van der Waals surface area contributed by atoms with Gasteiger partial charge in [-0.15, -0.1) is 0 Å². The lowest BCUT2D eigenvalue weighted by atomic mass is 10.1. The number of hydrogen-bond donors (Lipinski definition) is 1. The van der Waals surface area contributed by atoms with Crippen LogP contribution in [0, 0.1) is 0 Å². The first-order valence-corrected chi connectivity index (χ1v) is 12.4. The molecule has 7 nitrogen and oxygen atoms in total. The Bertz CT molecular complexity index is 1640. The van der Waals surface area contributed by atoms with Gasteiger partial charge < -0.3 is 13.9 Å². The van der Waals surface area contributed by atoms with Gasteiger partial charge >= 0.3 is 0 Å². The van der Waals surface area contributed by atoms with Crippen LogP contribution in [0.4, 0.5) is 5.13 Å². The SMILES string of the molecule is CCC(Oc1c(-c2ccccc2Cl)oc2ccccc2c1=O)C(=O)Nc1nc2ccc(OC)cc2s1. The Morgan fingerprint density at radius 1 is 1.14 bits per heavy atom. The minimum absolute atomic E-state index is 0.0714. The zero-order valence-corrected chi connectivity index (χ0v) is 21.0. The van der Waals surface area contributed by atoms with E-state index in [1.807, 2.05) is 12.1 Å². The normalized spacial score (nSPS) is 12.0. The second kappa shape index (κ2) is 10.0. The summed E-state index contributed by atoms with van der Waals surface area (Å²) in [6.07, 6.45) is -0.671. The molecule has 2 aromatic heterocycles. The number of methoxy groups -OCH3 is 1. The first kappa shape index (κ1) is 23.8. The third-order valence-corrected chi connectivity index (χ3v) is 6.89. The van der Waals surface area contributed by atoms with Crippen molar-refractivity contribution in [1.82, 2.24) is 4.98 Å². The molecule has 182 valence electrons. The minimum atomic E-state index is -0.975. The summed E-state index contributed by atoms with van der Waals surface area (Å²) in [7, 11) is 1.59. The predicted octanol–water partition coefficient (Wildman–Crippen LogP) is 6.53. The van der Waals surface area contributed by atoms with E-state index < -0.39 is 12.0 Å². The van der Waals surface area contributed by atoms with Gasteiger partial charge in [0.15, 0.2) is 17.0 Å². The number of ether oxygens (including phenoxy) is 2. The van der Waals surface area contributed by atoms with Crippen LogP contribution in [0.15, 0.2) is 75.9 Å². The first-order valence-electron chi connectivity index (χ1n) is 11.2. The van der Waals surface area contributed by atoms with E-state index in [0.29, 0.717) is 38.9 Å². The summed E-state index contributed by atoms with van der Waals surface area (Å²) in [6, 6.07) is 19.3. The topological polar surface area (TPSA) is 90.7 Å². The number of hydrogen-bond acceptors (Lipinski definition) is 7. The molecule has 36 heavy (non-hydrogen) atoms. The van der Waals surface area contributed by atoms with E-state index in [2.05, 4.69) is 10.3 Å². The summed E-state index contributed by atoms with van der Waals surface area (Å²) < 4.78 is 18.3. The van der Waals surface area contributed by atoms with Gasteiger partial charge in [0, 0.05) is 5.56 Å². The molecule has 1 unspecified atom stereocenters. The van der Waals surface area contributed by atoms with E-state index in [1.54, 1.807) is 68.6 Å². The number of fused-ring (bicyclic) bond motifs is 2. The van der Waals surface area contributed by atoms with Crippen LogP contribution in [0.3, 0.4) is 0 Å². The Morgan fingerprint density at radius 2 is 1.92 bits per heavy atom. The van der Waals surface area contributed by atoms with E-state index in [9.17, 15) is 9.59 Å². The number of anilines is 1. The summed E-state index contributed by atoms with van der Waals surface area (Å²) in [5.41, 5.74) is 1.24. The summed E-state index contributed by atoms with van der Waals surface area (Å²) in [6.45, 7) is 1.80. The van der Waals surface area contributed by atoms with E-state index >= 15 is 0 Å². The van der Waals surface area contributed by atoms with Gasteiger partial charge in [-0.05, 0) is 48.9 Å². The molecule has 0 aliphatic carbocycles. The molecule has 0 radical (unpaired) electrons. The van der Waals surface area contributed by atoms with E-state index in [4.69, 9.17) is 25.5 Å². The van der Waals surface area contributed by atoms with Crippen molar-refractivity contribution in [2.45, 2.75) is 19.4 Å². The molecule has 1 atom stereocenters. The third kappa shape index (κ3) is 4.53. The number of benzene rings is 3. The third-order valence-electron chi connectivity index (χ3n) is 5.62. The molecule has 2 heterocycles. The second-order valence-electron chi connectivity index (χ2n) is 7.92. The highest BCUT2D eigenvalue weighted by molar-refractivity contribution is 7.22. The second-order valence-corrected chi connectivity index (χ2v) is 9.36. The number of nitrogens with one attached hydrogen (secondary N) is 1. The molecule has 0 saturated carbocycles. The van der Waals surface area contributed by atoms with Crippen molar-refractivity contribution >= 4 is 55.2 Å². The summed E-state index contributed by atoms with van der Waals surface area (Å²) in [4.78, 5) is 31.1. The minimum Gasteiger partial charge on any atom is -0.497 e. The highest BCUT2D eigenvalue weighted by Crippen LogP contribution is 2.36. The smallest absolute Gasteiger partial charge is 0.267 e. The maximum atomic E-state index is 13.5. The fourth-order valence-corrected chi connectivity index (χ4v) is 4.91. The van der Waals surface area contributed by atoms with Crippen LogP contribution in [-0.2, 0) is 4.79 Å². The zero-order chi connectivity index (χ0) is 25.2. The average Bonchev–Trinajstić information content (AvgIpc) is 3.29. The summed E-state index contributed by atoms with van der Waals surface area (Å²) in [5.74, 6) is 0.371. The molecule has 0 aliphatic rings. The summed E-state index contributed by atoms with van der Waals surface area (Å²) >= 11 is 7.74. The molecule has 3 aromatic carbocycles. The van der Waals surface area contributed by atoms with Crippen molar-refractivity contribution in [2.24, 2.45) is 0 Å². The molecule has 0 spiro atoms. The lowest BCUT2D eigenvalue weighted by Gasteiger charge is -2.18. The van der Waals surface area contributed by atoms with Crippen molar-refractivity contribution in [1.29, 1.82) is 0 Å². The van der Waals surface area contributed by atoms with Crippen LogP contribution in [0.1, 0.15) is 13.3 Å². The zero-order valence-electron chi connectivity index (χ0n) is 19.4. The molecule has 9 heteroatoms. The van der Waals surface area contributed by atoms with Gasteiger partial charge in [0.05, 0.1) is 27.7 Å². The standard InChI is InChI=1S/C27H21ClN2O5S/c1-3-20(26(32)30-27-29-19-13-12-15(33-2)14-22(19)36-27)34-25-23(31)17-9-5-7-11-21(17)35-24(25)16-8-4-6-10-18(16)28/h4-14,20H,3H2,1-2H3,(H,29,30,32). The molecule has 1 amide bonds. The number of amides is 1. The van der Waals surface area contributed by atoms with Crippen LogP contribution in [0.2, 0.25) is 5.02 Å². The van der Waals surface area contributed by atoms with Gasteiger partial charge in [-0.1, -0.05) is 54.1 Å². The number of halogens is 1. The summed E-state index contributed by atoms with van der Waals surface area (Å²) in [5, 5.41) is 3.97. The molecular weight excluding hydrogens is 500 g/mol. The van der Waals surface area contributed by atoms with E-state index in [0.717, 1.165) is 10.2 Å². The maximum Gasteiger partial charge on any atom is 0.267 e. The van der Waals surface area contributed by atoms with Gasteiger partial charge in [0.1, 0.15) is 11.3 Å². The van der Waals surface area contributed by atoms with Crippen molar-refractivity contribution in [2.75, 3.05) is 12.4 Å². The highest BCUT2D eigenvalue weighted by Gasteiger charge is 2.26. The fraction of sp³-hybridized carbons (Fsp3) is 0.148. The lowest BCUT2D eigenvalue weighted by molar-refractivity contribution is -0.122. The van der Waals surface area contributed by atoms with Crippen LogP contribution in [0.25, 0.3) is 32.5 Å². The average molecular weight is 521 g/mol. The maximum absolute atomic E-state index is 13.5. The molecule has 5 rings (SSSR count). The van der Waals surface area contributed by atoms with Gasteiger partial charge in [-0.25, -0.2) is 4.98 Å². The largest absolute Gasteiger partial charge is 0.497 e. The Kier molecular flexibility index (Phi) is 6.63. The molecule has 0 saturated heterocycles. The predicted molar refractivity (Wildman–Crippen MR) is 142 cm³/mol. The van der Waals surface area contributed by atoms with Gasteiger partial charge in [0.25, 0.3) is 5.91 Å². The van der Waals surface area contributed by atoms with Crippen LogP contribution >= 0.6 is 22.9 Å². The molecule has 0 bridgehead atoms. The Hall–Kier alpha value is -3.88. The number of thiazole rings is 1.